The van der Waals surface area contributed by atoms with Crippen LogP contribution >= 0.6 is 0 Å². The molecule has 2 fully saturated rings. The molecule has 0 amide bonds. The maximum Gasteiger partial charge on any atom is 0.0905 e. The van der Waals surface area contributed by atoms with Gasteiger partial charge in [0.1, 0.15) is 0 Å². The summed E-state index contributed by atoms with van der Waals surface area (Å²) >= 11 is 0. The van der Waals surface area contributed by atoms with Gasteiger partial charge in [0.15, 0.2) is 0 Å². The summed E-state index contributed by atoms with van der Waals surface area (Å²) in [5, 5.41) is 0. The van der Waals surface area contributed by atoms with E-state index in [-0.39, 0.29) is 0 Å². The van der Waals surface area contributed by atoms with Gasteiger partial charge in [0.25, 0.3) is 0 Å². The van der Waals surface area contributed by atoms with Crippen LogP contribution < -0.4 is 0 Å². The topological polar surface area (TPSA) is 15.7 Å². The van der Waals surface area contributed by atoms with Crippen molar-refractivity contribution >= 4 is 0 Å². The van der Waals surface area contributed by atoms with Gasteiger partial charge in [0.05, 0.1) is 12.4 Å². The average Bonchev–Trinajstić information content (AvgIpc) is 3.04. The summed E-state index contributed by atoms with van der Waals surface area (Å²) in [6.45, 7) is 22.9. The molecule has 0 N–H and O–H groups in total. The van der Waals surface area contributed by atoms with Gasteiger partial charge in [-0.2, -0.15) is 0 Å². The molecular formula is C40H74N2O. The van der Waals surface area contributed by atoms with Gasteiger partial charge in [-0.25, -0.2) is 0 Å². The molecule has 43 heavy (non-hydrogen) atoms. The highest BCUT2D eigenvalue weighted by atomic mass is 16.5. The van der Waals surface area contributed by atoms with Crippen molar-refractivity contribution in [3.8, 4) is 0 Å². The van der Waals surface area contributed by atoms with Crippen molar-refractivity contribution in [1.82, 2.24) is 9.80 Å². The summed E-state index contributed by atoms with van der Waals surface area (Å²) in [4.78, 5) is 5.41. The third-order valence-corrected chi connectivity index (χ3v) is 10.4. The van der Waals surface area contributed by atoms with Gasteiger partial charge in [-0.15, -0.1) is 0 Å². The summed E-state index contributed by atoms with van der Waals surface area (Å²) in [5.74, 6) is 2.38. The van der Waals surface area contributed by atoms with E-state index in [9.17, 15) is 0 Å². The summed E-state index contributed by atoms with van der Waals surface area (Å²) in [5.41, 5.74) is 1.51. The monoisotopic (exact) mass is 599 g/mol. The first kappa shape index (κ1) is 38.1. The summed E-state index contributed by atoms with van der Waals surface area (Å²) < 4.78 is 6.21. The minimum atomic E-state index is 0.638. The highest BCUT2D eigenvalue weighted by Gasteiger charge is 2.28. The maximum absolute atomic E-state index is 6.21. The van der Waals surface area contributed by atoms with Gasteiger partial charge in [-0.1, -0.05) is 109 Å². The standard InChI is InChI=1S/C40H74N2O/c1-6-9-10-11-12-13-14-15-16-17-18-19-20-21-22-24-37(5)43-35-38(23-7-2)26-25-36(4)39-27-33-42(34-28-39)40-29-31-41(8-3)32-30-40/h12-13,38-40H,4-11,14-35H2,1-3H3/b13-12-. The Morgan fingerprint density at radius 1 is 0.698 bits per heavy atom. The number of nitrogens with zero attached hydrogens (tertiary/aromatic N) is 2. The lowest BCUT2D eigenvalue weighted by Crippen LogP contribution is -2.47. The van der Waals surface area contributed by atoms with Crippen LogP contribution in [0, 0.1) is 11.8 Å². The van der Waals surface area contributed by atoms with E-state index in [1.807, 2.05) is 0 Å². The first-order valence-corrected chi connectivity index (χ1v) is 19.2. The van der Waals surface area contributed by atoms with Gasteiger partial charge < -0.3 is 14.5 Å². The number of piperidine rings is 2. The van der Waals surface area contributed by atoms with Crippen molar-refractivity contribution in [2.24, 2.45) is 11.8 Å². The van der Waals surface area contributed by atoms with Gasteiger partial charge in [0.2, 0.25) is 0 Å². The molecule has 0 spiro atoms. The fourth-order valence-corrected chi connectivity index (χ4v) is 7.29. The number of unbranched alkanes of at least 4 members (excludes halogenated alkanes) is 11. The maximum atomic E-state index is 6.21. The Balaban J connectivity index is 1.46. The molecule has 3 nitrogen and oxygen atoms in total. The molecule has 2 saturated heterocycles. The number of hydrogen-bond donors (Lipinski definition) is 0. The fourth-order valence-electron chi connectivity index (χ4n) is 7.29. The van der Waals surface area contributed by atoms with Crippen molar-refractivity contribution in [3.63, 3.8) is 0 Å². The third kappa shape index (κ3) is 17.9. The van der Waals surface area contributed by atoms with Crippen LogP contribution in [-0.4, -0.2) is 55.2 Å². The number of ether oxygens (including phenoxy) is 1. The molecule has 250 valence electrons. The van der Waals surface area contributed by atoms with E-state index in [0.717, 1.165) is 30.7 Å². The Morgan fingerprint density at radius 3 is 1.91 bits per heavy atom. The molecule has 1 atom stereocenters. The van der Waals surface area contributed by atoms with Gasteiger partial charge in [0, 0.05) is 12.5 Å². The van der Waals surface area contributed by atoms with Crippen LogP contribution in [0.4, 0.5) is 0 Å². The molecule has 0 bridgehead atoms. The Bertz CT molecular complexity index is 714. The zero-order chi connectivity index (χ0) is 31.0. The van der Waals surface area contributed by atoms with Crippen LogP contribution in [0.3, 0.4) is 0 Å². The predicted octanol–water partition coefficient (Wildman–Crippen LogP) is 11.5. The Labute approximate surface area is 270 Å². The Hall–Kier alpha value is -1.06. The van der Waals surface area contributed by atoms with Crippen molar-refractivity contribution in [2.75, 3.05) is 39.3 Å². The highest BCUT2D eigenvalue weighted by molar-refractivity contribution is 5.03. The Morgan fingerprint density at radius 2 is 1.30 bits per heavy atom. The van der Waals surface area contributed by atoms with Crippen molar-refractivity contribution in [2.45, 2.75) is 168 Å². The predicted molar refractivity (Wildman–Crippen MR) is 191 cm³/mol. The van der Waals surface area contributed by atoms with E-state index in [0.29, 0.717) is 5.92 Å². The highest BCUT2D eigenvalue weighted by Crippen LogP contribution is 2.31. The minimum Gasteiger partial charge on any atom is -0.498 e. The molecule has 2 aliphatic heterocycles. The fraction of sp³-hybridized carbons (Fsp3) is 0.850. The molecule has 0 saturated carbocycles. The quantitative estimate of drug-likeness (QED) is 0.0559. The molecule has 0 radical (unpaired) electrons. The third-order valence-electron chi connectivity index (χ3n) is 10.4. The zero-order valence-corrected chi connectivity index (χ0v) is 29.4. The van der Waals surface area contributed by atoms with Crippen LogP contribution in [0.5, 0.6) is 0 Å². The van der Waals surface area contributed by atoms with E-state index >= 15 is 0 Å². The van der Waals surface area contributed by atoms with Crippen molar-refractivity contribution < 1.29 is 4.74 Å². The van der Waals surface area contributed by atoms with Crippen LogP contribution in [0.2, 0.25) is 0 Å². The van der Waals surface area contributed by atoms with Crippen LogP contribution in [-0.2, 0) is 4.74 Å². The molecule has 0 aliphatic carbocycles. The van der Waals surface area contributed by atoms with Crippen LogP contribution in [0.25, 0.3) is 0 Å². The zero-order valence-electron chi connectivity index (χ0n) is 29.4. The summed E-state index contributed by atoms with van der Waals surface area (Å²) in [7, 11) is 0. The number of rotatable bonds is 26. The normalized spacial score (nSPS) is 18.4. The Kier molecular flexibility index (Phi) is 22.3. The molecular weight excluding hydrogens is 524 g/mol. The lowest BCUT2D eigenvalue weighted by molar-refractivity contribution is 0.0838. The van der Waals surface area contributed by atoms with E-state index in [2.05, 4.69) is 55.9 Å². The molecule has 2 aliphatic rings. The summed E-state index contributed by atoms with van der Waals surface area (Å²) in [6.07, 6.45) is 33.6. The summed E-state index contributed by atoms with van der Waals surface area (Å²) in [6, 6.07) is 0.823. The first-order chi connectivity index (χ1) is 21.1. The number of allylic oxidation sites excluding steroid dienone is 4. The molecule has 3 heteroatoms. The molecule has 2 heterocycles. The van der Waals surface area contributed by atoms with Crippen molar-refractivity contribution in [1.29, 1.82) is 0 Å². The molecule has 0 aromatic carbocycles. The largest absolute Gasteiger partial charge is 0.498 e. The average molecular weight is 599 g/mol. The van der Waals surface area contributed by atoms with E-state index in [1.54, 1.807) is 0 Å². The lowest BCUT2D eigenvalue weighted by atomic mass is 9.84. The van der Waals surface area contributed by atoms with Crippen LogP contribution in [0.1, 0.15) is 162 Å². The van der Waals surface area contributed by atoms with Gasteiger partial charge in [-0.05, 0) is 122 Å². The number of hydrogen-bond acceptors (Lipinski definition) is 3. The smallest absolute Gasteiger partial charge is 0.0905 e. The second kappa shape index (κ2) is 25.2. The van der Waals surface area contributed by atoms with Gasteiger partial charge >= 0.3 is 0 Å². The van der Waals surface area contributed by atoms with Gasteiger partial charge in [-0.3, -0.25) is 0 Å². The second-order valence-electron chi connectivity index (χ2n) is 14.0. The van der Waals surface area contributed by atoms with Crippen LogP contribution in [0.15, 0.2) is 36.6 Å². The lowest BCUT2D eigenvalue weighted by Gasteiger charge is -2.42. The van der Waals surface area contributed by atoms with E-state index in [4.69, 9.17) is 4.74 Å². The van der Waals surface area contributed by atoms with E-state index in [1.165, 1.54) is 173 Å². The minimum absolute atomic E-state index is 0.638. The first-order valence-electron chi connectivity index (χ1n) is 19.2. The molecule has 0 aromatic heterocycles. The molecule has 0 aromatic rings. The molecule has 1 unspecified atom stereocenters. The van der Waals surface area contributed by atoms with E-state index < -0.39 is 0 Å². The number of likely N-dealkylation sites (tertiary alicyclic amines) is 2. The van der Waals surface area contributed by atoms with Crippen molar-refractivity contribution in [3.05, 3.63) is 36.6 Å². The SMILES string of the molecule is C=C(CCCCCCCCCC/C=C\CCCCC)OCC(CCC)CCC(=C)C1CCN(C2CCN(CC)CC2)CC1. The molecule has 2 rings (SSSR count). The second-order valence-corrected chi connectivity index (χ2v) is 14.0.